The van der Waals surface area contributed by atoms with Crippen molar-refractivity contribution in [3.05, 3.63) is 59.8 Å². The van der Waals surface area contributed by atoms with Gasteiger partial charge in [-0.05, 0) is 43.2 Å². The van der Waals surface area contributed by atoms with E-state index in [9.17, 15) is 22.7 Å². The molecule has 1 amide bonds. The third kappa shape index (κ3) is 3.93. The van der Waals surface area contributed by atoms with Crippen molar-refractivity contribution in [1.82, 2.24) is 18.4 Å². The third-order valence-corrected chi connectivity index (χ3v) is 6.76. The minimum atomic E-state index is -3.95. The van der Waals surface area contributed by atoms with E-state index in [4.69, 9.17) is 0 Å². The molecule has 1 fully saturated rings. The number of benzene rings is 1. The van der Waals surface area contributed by atoms with Gasteiger partial charge < -0.3 is 10.0 Å². The molecular weight excluding hydrogens is 425 g/mol. The number of carbonyl (C=O) groups is 1. The number of nitrogens with zero attached hydrogens (tertiary/aromatic N) is 4. The van der Waals surface area contributed by atoms with Gasteiger partial charge in [-0.1, -0.05) is 0 Å². The molecule has 9 nitrogen and oxygen atoms in total. The molecule has 0 bridgehead atoms. The van der Waals surface area contributed by atoms with Gasteiger partial charge in [0.2, 0.25) is 0 Å². The van der Waals surface area contributed by atoms with Gasteiger partial charge in [-0.25, -0.2) is 14.1 Å². The predicted octanol–water partition coefficient (Wildman–Crippen LogP) is 2.06. The van der Waals surface area contributed by atoms with Crippen LogP contribution in [-0.2, 0) is 10.2 Å². The summed E-state index contributed by atoms with van der Waals surface area (Å²) in [6, 6.07) is 7.20. The zero-order chi connectivity index (χ0) is 22.3. The Balaban J connectivity index is 1.70. The quantitative estimate of drug-likeness (QED) is 0.620. The number of amides is 1. The number of phenolic OH excluding ortho intramolecular Hbond substituents is 1. The average Bonchev–Trinajstić information content (AvgIpc) is 3.35. The van der Waals surface area contributed by atoms with Crippen LogP contribution >= 0.6 is 0 Å². The van der Waals surface area contributed by atoms with Crippen LogP contribution in [-0.4, -0.2) is 53.8 Å². The molecule has 1 atom stereocenters. The summed E-state index contributed by atoms with van der Waals surface area (Å²) >= 11 is 0. The molecule has 4 rings (SSSR count). The first-order valence-corrected chi connectivity index (χ1v) is 11.1. The fourth-order valence-corrected chi connectivity index (χ4v) is 4.28. The van der Waals surface area contributed by atoms with Crippen molar-refractivity contribution < 1.29 is 22.7 Å². The van der Waals surface area contributed by atoms with E-state index in [1.54, 1.807) is 12.3 Å². The number of hydrogen-bond donors (Lipinski definition) is 2. The summed E-state index contributed by atoms with van der Waals surface area (Å²) in [7, 11) is -1.32. The maximum absolute atomic E-state index is 13.8. The van der Waals surface area contributed by atoms with Gasteiger partial charge in [0.25, 0.3) is 5.91 Å². The predicted molar refractivity (Wildman–Crippen MR) is 113 cm³/mol. The largest absolute Gasteiger partial charge is 0.508 e. The fourth-order valence-electron chi connectivity index (χ4n) is 3.76. The van der Waals surface area contributed by atoms with Gasteiger partial charge >= 0.3 is 10.2 Å². The Morgan fingerprint density at radius 2 is 2.06 bits per heavy atom. The summed E-state index contributed by atoms with van der Waals surface area (Å²) in [5, 5.41) is 10.2. The second-order valence-electron chi connectivity index (χ2n) is 7.53. The number of anilines is 1. The van der Waals surface area contributed by atoms with Crippen molar-refractivity contribution >= 4 is 27.5 Å². The molecule has 164 valence electrons. The molecule has 3 heterocycles. The number of aromatic hydroxyl groups is 1. The number of halogens is 1. The minimum absolute atomic E-state index is 0.0240. The molecule has 11 heteroatoms. The van der Waals surface area contributed by atoms with Crippen LogP contribution in [0.1, 0.15) is 34.9 Å². The molecule has 31 heavy (non-hydrogen) atoms. The van der Waals surface area contributed by atoms with Crippen LogP contribution in [0.5, 0.6) is 5.75 Å². The normalized spacial score (nSPS) is 16.9. The topological polar surface area (TPSA) is 107 Å². The zero-order valence-corrected chi connectivity index (χ0v) is 17.8. The van der Waals surface area contributed by atoms with Gasteiger partial charge in [0.1, 0.15) is 22.9 Å². The lowest BCUT2D eigenvalue weighted by Gasteiger charge is -2.28. The molecule has 2 aromatic heterocycles. The van der Waals surface area contributed by atoms with E-state index in [-0.39, 0.29) is 17.5 Å². The molecule has 1 aliphatic heterocycles. The van der Waals surface area contributed by atoms with E-state index in [1.165, 1.54) is 42.9 Å². The van der Waals surface area contributed by atoms with Gasteiger partial charge in [-0.2, -0.15) is 12.7 Å². The summed E-state index contributed by atoms with van der Waals surface area (Å²) in [4.78, 5) is 18.8. The standard InChI is InChI=1S/C20H22FN5O4S/c1-24(2)31(29,30)23-20(28)17-11-22-19-8-6-14(12-26(17)19)25-9-3-4-16(25)15-10-13(21)5-7-18(15)27/h5-8,10-12,16,27H,3-4,9H2,1-2H3,(H,23,28)/t16-/m1/s1. The molecule has 0 saturated carbocycles. The first-order valence-electron chi connectivity index (χ1n) is 9.64. The monoisotopic (exact) mass is 447 g/mol. The van der Waals surface area contributed by atoms with Gasteiger partial charge in [0.05, 0.1) is 17.9 Å². The van der Waals surface area contributed by atoms with E-state index in [2.05, 4.69) is 4.98 Å². The van der Waals surface area contributed by atoms with Crippen molar-refractivity contribution in [3.63, 3.8) is 0 Å². The highest BCUT2D eigenvalue weighted by Gasteiger charge is 2.29. The van der Waals surface area contributed by atoms with E-state index in [0.29, 0.717) is 17.8 Å². The molecule has 0 unspecified atom stereocenters. The highest BCUT2D eigenvalue weighted by Crippen LogP contribution is 2.39. The average molecular weight is 447 g/mol. The Bertz CT molecular complexity index is 1260. The maximum atomic E-state index is 13.8. The van der Waals surface area contributed by atoms with Gasteiger partial charge in [0, 0.05) is 32.4 Å². The molecule has 2 N–H and O–H groups in total. The lowest BCUT2D eigenvalue weighted by molar-refractivity contribution is 0.0974. The number of imidazole rings is 1. The number of phenols is 1. The Hall–Kier alpha value is -3.18. The summed E-state index contributed by atoms with van der Waals surface area (Å²) in [6.07, 6.45) is 4.57. The third-order valence-electron chi connectivity index (χ3n) is 5.36. The first-order chi connectivity index (χ1) is 14.7. The van der Waals surface area contributed by atoms with Gasteiger partial charge in [-0.15, -0.1) is 0 Å². The number of pyridine rings is 1. The number of rotatable bonds is 5. The lowest BCUT2D eigenvalue weighted by Crippen LogP contribution is -2.39. The summed E-state index contributed by atoms with van der Waals surface area (Å²) < 4.78 is 42.2. The number of nitrogens with one attached hydrogen (secondary N) is 1. The molecular formula is C20H22FN5O4S. The number of fused-ring (bicyclic) bond motifs is 1. The molecule has 0 spiro atoms. The molecule has 3 aromatic rings. The smallest absolute Gasteiger partial charge is 0.303 e. The Morgan fingerprint density at radius 1 is 1.29 bits per heavy atom. The van der Waals surface area contributed by atoms with Crippen molar-refractivity contribution in [3.8, 4) is 5.75 Å². The van der Waals surface area contributed by atoms with Crippen LogP contribution < -0.4 is 9.62 Å². The molecule has 1 saturated heterocycles. The van der Waals surface area contributed by atoms with Crippen LogP contribution in [0.4, 0.5) is 10.1 Å². The van der Waals surface area contributed by atoms with Crippen molar-refractivity contribution in [2.75, 3.05) is 25.5 Å². The molecule has 1 aliphatic rings. The van der Waals surface area contributed by atoms with Gasteiger partial charge in [0.15, 0.2) is 0 Å². The Kier molecular flexibility index (Phi) is 5.31. The van der Waals surface area contributed by atoms with Crippen molar-refractivity contribution in [1.29, 1.82) is 0 Å². The van der Waals surface area contributed by atoms with E-state index in [1.807, 2.05) is 15.7 Å². The fraction of sp³-hybridized carbons (Fsp3) is 0.300. The summed E-state index contributed by atoms with van der Waals surface area (Å²) in [5.41, 5.74) is 1.77. The summed E-state index contributed by atoms with van der Waals surface area (Å²) in [5.74, 6) is -1.21. The summed E-state index contributed by atoms with van der Waals surface area (Å²) in [6.45, 7) is 0.678. The number of carbonyl (C=O) groups excluding carboxylic acids is 1. The first kappa shape index (κ1) is 21.1. The number of aromatic nitrogens is 2. The highest BCUT2D eigenvalue weighted by atomic mass is 32.2. The van der Waals surface area contributed by atoms with E-state index >= 15 is 0 Å². The zero-order valence-electron chi connectivity index (χ0n) is 17.0. The van der Waals surface area contributed by atoms with Crippen molar-refractivity contribution in [2.45, 2.75) is 18.9 Å². The van der Waals surface area contributed by atoms with Crippen LogP contribution in [0.3, 0.4) is 0 Å². The van der Waals surface area contributed by atoms with Crippen LogP contribution in [0.25, 0.3) is 5.65 Å². The Morgan fingerprint density at radius 3 is 2.81 bits per heavy atom. The SMILES string of the molecule is CN(C)S(=O)(=O)NC(=O)c1cnc2ccc(N3CCC[C@@H]3c3cc(F)ccc3O)cn12. The molecule has 0 aliphatic carbocycles. The van der Waals surface area contributed by atoms with E-state index < -0.39 is 21.9 Å². The lowest BCUT2D eigenvalue weighted by atomic mass is 10.0. The van der Waals surface area contributed by atoms with E-state index in [0.717, 1.165) is 22.8 Å². The minimum Gasteiger partial charge on any atom is -0.508 e. The second kappa shape index (κ2) is 7.82. The Labute approximate surface area is 178 Å². The van der Waals surface area contributed by atoms with Crippen LogP contribution in [0.2, 0.25) is 0 Å². The molecule has 1 aromatic carbocycles. The van der Waals surface area contributed by atoms with Crippen LogP contribution in [0.15, 0.2) is 42.7 Å². The maximum Gasteiger partial charge on any atom is 0.303 e. The molecule has 0 radical (unpaired) electrons. The highest BCUT2D eigenvalue weighted by molar-refractivity contribution is 7.87. The second-order valence-corrected chi connectivity index (χ2v) is 9.42. The van der Waals surface area contributed by atoms with Crippen molar-refractivity contribution in [2.24, 2.45) is 0 Å². The van der Waals surface area contributed by atoms with Gasteiger partial charge in [-0.3, -0.25) is 9.20 Å². The van der Waals surface area contributed by atoms with Crippen LogP contribution in [0, 0.1) is 5.82 Å². The number of hydrogen-bond acceptors (Lipinski definition) is 6.